The lowest BCUT2D eigenvalue weighted by molar-refractivity contribution is -0.246. The lowest BCUT2D eigenvalue weighted by Crippen LogP contribution is -2.34. The van der Waals surface area contributed by atoms with Crippen LogP contribution in [0, 0.1) is 0 Å². The van der Waals surface area contributed by atoms with Gasteiger partial charge in [0.1, 0.15) is 0 Å². The topological polar surface area (TPSA) is 68.7 Å². The van der Waals surface area contributed by atoms with Gasteiger partial charge in [-0.3, -0.25) is 4.79 Å². The summed E-state index contributed by atoms with van der Waals surface area (Å²) in [4.78, 5) is 16.1. The first-order valence-electron chi connectivity index (χ1n) is 12.8. The number of carboxylic acids is 1. The van der Waals surface area contributed by atoms with Crippen LogP contribution in [0.25, 0.3) is 23.1 Å². The molecule has 5 nitrogen and oxygen atoms in total. The smallest absolute Gasteiger partial charge is 0.307 e. The van der Waals surface area contributed by atoms with Crippen LogP contribution in [0.1, 0.15) is 48.2 Å². The van der Waals surface area contributed by atoms with Crippen molar-refractivity contribution in [2.24, 2.45) is 0 Å². The van der Waals surface area contributed by atoms with E-state index in [1.54, 1.807) is 0 Å². The second-order valence-electron chi connectivity index (χ2n) is 8.99. The standard InChI is InChI=1S/C32H32ClNO4/c1-3-37-32(38-4-2,19-18-24-9-5-6-10-26(24)21-31(35)36)27-11-7-8-23(20-27)12-16-29-17-14-25-13-15-28(33)22-30(25)34-29/h5-17,20,22H,3-4,18-19,21H2,1-2H3,(H,35,36)/b16-12+. The molecule has 0 unspecified atom stereocenters. The van der Waals surface area contributed by atoms with E-state index in [2.05, 4.69) is 6.07 Å². The van der Waals surface area contributed by atoms with E-state index in [0.29, 0.717) is 31.1 Å². The number of hydrogen-bond donors (Lipinski definition) is 1. The van der Waals surface area contributed by atoms with E-state index in [9.17, 15) is 9.90 Å². The predicted octanol–water partition coefficient (Wildman–Crippen LogP) is 7.54. The van der Waals surface area contributed by atoms with Crippen molar-refractivity contribution < 1.29 is 19.4 Å². The van der Waals surface area contributed by atoms with Crippen molar-refractivity contribution in [1.82, 2.24) is 4.98 Å². The fraction of sp³-hybridized carbons (Fsp3) is 0.250. The van der Waals surface area contributed by atoms with Crippen LogP contribution < -0.4 is 0 Å². The van der Waals surface area contributed by atoms with Crippen molar-refractivity contribution >= 4 is 40.6 Å². The summed E-state index contributed by atoms with van der Waals surface area (Å²) in [5, 5.41) is 11.0. The third-order valence-electron chi connectivity index (χ3n) is 6.39. The largest absolute Gasteiger partial charge is 0.481 e. The van der Waals surface area contributed by atoms with Gasteiger partial charge in [0.25, 0.3) is 0 Å². The van der Waals surface area contributed by atoms with Gasteiger partial charge in [0.15, 0.2) is 5.79 Å². The zero-order valence-electron chi connectivity index (χ0n) is 21.7. The highest BCUT2D eigenvalue weighted by Gasteiger charge is 2.34. The van der Waals surface area contributed by atoms with Gasteiger partial charge >= 0.3 is 5.97 Å². The summed E-state index contributed by atoms with van der Waals surface area (Å²) >= 11 is 6.14. The SMILES string of the molecule is CCOC(CCc1ccccc1CC(=O)O)(OCC)c1cccc(/C=C/c2ccc3ccc(Cl)cc3n2)c1. The van der Waals surface area contributed by atoms with Gasteiger partial charge in [-0.2, -0.15) is 0 Å². The molecule has 0 atom stereocenters. The third kappa shape index (κ3) is 6.87. The normalized spacial score (nSPS) is 11.9. The number of carboxylic acid groups (broad SMARTS) is 1. The molecule has 0 aliphatic rings. The fourth-order valence-corrected chi connectivity index (χ4v) is 4.83. The fourth-order valence-electron chi connectivity index (χ4n) is 4.66. The second kappa shape index (κ2) is 12.8. The Bertz CT molecular complexity index is 1430. The van der Waals surface area contributed by atoms with Crippen LogP contribution in [0.15, 0.2) is 78.9 Å². The molecule has 4 aromatic rings. The number of nitrogens with zero attached hydrogens (tertiary/aromatic N) is 1. The van der Waals surface area contributed by atoms with Crippen molar-refractivity contribution in [2.75, 3.05) is 13.2 Å². The Labute approximate surface area is 228 Å². The number of ether oxygens (including phenoxy) is 2. The minimum atomic E-state index is -0.957. The molecule has 0 aliphatic carbocycles. The summed E-state index contributed by atoms with van der Waals surface area (Å²) in [6.45, 7) is 4.85. The minimum absolute atomic E-state index is 0.0122. The van der Waals surface area contributed by atoms with Crippen molar-refractivity contribution in [1.29, 1.82) is 0 Å². The molecule has 1 heterocycles. The van der Waals surface area contributed by atoms with Gasteiger partial charge in [-0.25, -0.2) is 4.98 Å². The molecule has 0 saturated carbocycles. The van der Waals surface area contributed by atoms with Crippen LogP contribution in [-0.2, 0) is 32.9 Å². The molecule has 1 N–H and O–H groups in total. The molecule has 196 valence electrons. The maximum atomic E-state index is 11.4. The van der Waals surface area contributed by atoms with Crippen LogP contribution in [0.2, 0.25) is 5.02 Å². The average molecular weight is 530 g/mol. The van der Waals surface area contributed by atoms with Crippen molar-refractivity contribution in [3.8, 4) is 0 Å². The number of fused-ring (bicyclic) bond motifs is 1. The highest BCUT2D eigenvalue weighted by Crippen LogP contribution is 2.34. The summed E-state index contributed by atoms with van der Waals surface area (Å²) in [6.07, 6.45) is 5.15. The Kier molecular flexibility index (Phi) is 9.29. The Morgan fingerprint density at radius 2 is 1.66 bits per heavy atom. The van der Waals surface area contributed by atoms with Crippen molar-refractivity contribution in [2.45, 2.75) is 38.9 Å². The van der Waals surface area contributed by atoms with Crippen LogP contribution in [0.3, 0.4) is 0 Å². The number of pyridine rings is 1. The first-order chi connectivity index (χ1) is 18.4. The molecular weight excluding hydrogens is 498 g/mol. The van der Waals surface area contributed by atoms with Gasteiger partial charge in [-0.15, -0.1) is 0 Å². The maximum absolute atomic E-state index is 11.4. The molecule has 0 amide bonds. The van der Waals surface area contributed by atoms with E-state index in [-0.39, 0.29) is 6.42 Å². The highest BCUT2D eigenvalue weighted by atomic mass is 35.5. The number of halogens is 1. The Hall–Kier alpha value is -3.51. The second-order valence-corrected chi connectivity index (χ2v) is 9.43. The molecule has 1 aromatic heterocycles. The van der Waals surface area contributed by atoms with Gasteiger partial charge in [0.2, 0.25) is 0 Å². The minimum Gasteiger partial charge on any atom is -0.481 e. The first kappa shape index (κ1) is 27.5. The molecule has 0 bridgehead atoms. The summed E-state index contributed by atoms with van der Waals surface area (Å²) < 4.78 is 12.6. The van der Waals surface area contributed by atoms with E-state index < -0.39 is 11.8 Å². The maximum Gasteiger partial charge on any atom is 0.307 e. The molecule has 0 fully saturated rings. The van der Waals surface area contributed by atoms with Gasteiger partial charge in [-0.05, 0) is 67.3 Å². The molecule has 0 spiro atoms. The van der Waals surface area contributed by atoms with Crippen LogP contribution >= 0.6 is 11.6 Å². The zero-order chi connectivity index (χ0) is 27.0. The Morgan fingerprint density at radius 1 is 0.921 bits per heavy atom. The Balaban J connectivity index is 1.61. The molecule has 0 radical (unpaired) electrons. The highest BCUT2D eigenvalue weighted by molar-refractivity contribution is 6.31. The summed E-state index contributed by atoms with van der Waals surface area (Å²) in [6, 6.07) is 25.5. The molecule has 6 heteroatoms. The van der Waals surface area contributed by atoms with Gasteiger partial charge in [0.05, 0.1) is 17.6 Å². The lowest BCUT2D eigenvalue weighted by Gasteiger charge is -2.34. The zero-order valence-corrected chi connectivity index (χ0v) is 22.4. The lowest BCUT2D eigenvalue weighted by atomic mass is 9.93. The quantitative estimate of drug-likeness (QED) is 0.192. The molecule has 38 heavy (non-hydrogen) atoms. The van der Waals surface area contributed by atoms with Crippen LogP contribution in [-0.4, -0.2) is 29.3 Å². The van der Waals surface area contributed by atoms with E-state index >= 15 is 0 Å². The molecular formula is C32H32ClNO4. The third-order valence-corrected chi connectivity index (χ3v) is 6.62. The number of hydrogen-bond acceptors (Lipinski definition) is 4. The average Bonchev–Trinajstić information content (AvgIpc) is 2.91. The number of carbonyl (C=O) groups is 1. The number of benzene rings is 3. The number of aryl methyl sites for hydroxylation is 1. The van der Waals surface area contributed by atoms with E-state index in [4.69, 9.17) is 26.1 Å². The molecule has 3 aromatic carbocycles. The van der Waals surface area contributed by atoms with E-state index in [0.717, 1.165) is 38.9 Å². The summed E-state index contributed by atoms with van der Waals surface area (Å²) in [5.41, 5.74) is 5.38. The molecule has 4 rings (SSSR count). The summed E-state index contributed by atoms with van der Waals surface area (Å²) in [7, 11) is 0. The van der Waals surface area contributed by atoms with E-state index in [1.807, 2.05) is 98.8 Å². The van der Waals surface area contributed by atoms with E-state index in [1.165, 1.54) is 0 Å². The van der Waals surface area contributed by atoms with Crippen LogP contribution in [0.4, 0.5) is 0 Å². The van der Waals surface area contributed by atoms with Crippen molar-refractivity contribution in [3.63, 3.8) is 0 Å². The molecule has 0 aliphatic heterocycles. The first-order valence-corrected chi connectivity index (χ1v) is 13.2. The van der Waals surface area contributed by atoms with Gasteiger partial charge in [0, 0.05) is 35.6 Å². The Morgan fingerprint density at radius 3 is 2.39 bits per heavy atom. The van der Waals surface area contributed by atoms with Gasteiger partial charge in [-0.1, -0.05) is 72.3 Å². The predicted molar refractivity (Wildman–Crippen MR) is 153 cm³/mol. The molecule has 0 saturated heterocycles. The number of rotatable bonds is 12. The number of aliphatic carboxylic acids is 1. The monoisotopic (exact) mass is 529 g/mol. The van der Waals surface area contributed by atoms with Gasteiger partial charge < -0.3 is 14.6 Å². The van der Waals surface area contributed by atoms with Crippen molar-refractivity contribution in [3.05, 3.63) is 112 Å². The summed E-state index contributed by atoms with van der Waals surface area (Å²) in [5.74, 6) is -1.80. The van der Waals surface area contributed by atoms with Crippen LogP contribution in [0.5, 0.6) is 0 Å². The number of aromatic nitrogens is 1.